The lowest BCUT2D eigenvalue weighted by molar-refractivity contribution is 0.633. The maximum absolute atomic E-state index is 13.8. The number of anilines is 1. The molecule has 1 aliphatic carbocycles. The minimum Gasteiger partial charge on any atom is -0.396 e. The van der Waals surface area contributed by atoms with Crippen LogP contribution in [0.1, 0.15) is 11.1 Å². The number of hydrogen-bond donors (Lipinski definition) is 1. The minimum absolute atomic E-state index is 0.189. The predicted octanol–water partition coefficient (Wildman–Crippen LogP) is 4.65. The summed E-state index contributed by atoms with van der Waals surface area (Å²) >= 11 is 0. The first-order valence-electron chi connectivity index (χ1n) is 6.99. The molecular weight excluding hydrogens is 261 g/mol. The van der Waals surface area contributed by atoms with Gasteiger partial charge in [0.05, 0.1) is 5.69 Å². The molecule has 1 nitrogen and oxygen atoms in total. The zero-order chi connectivity index (χ0) is 14.4. The summed E-state index contributed by atoms with van der Waals surface area (Å²) in [7, 11) is 0. The summed E-state index contributed by atoms with van der Waals surface area (Å²) in [6, 6.07) is 19.7. The van der Waals surface area contributed by atoms with E-state index in [9.17, 15) is 4.39 Å². The van der Waals surface area contributed by atoms with Crippen LogP contribution in [0.25, 0.3) is 22.3 Å². The van der Waals surface area contributed by atoms with Gasteiger partial charge in [0.1, 0.15) is 5.82 Å². The zero-order valence-corrected chi connectivity index (χ0v) is 11.4. The summed E-state index contributed by atoms with van der Waals surface area (Å²) in [6.07, 6.45) is 0.897. The quantitative estimate of drug-likeness (QED) is 0.503. The molecule has 0 aliphatic heterocycles. The third kappa shape index (κ3) is 1.83. The Kier molecular flexibility index (Phi) is 2.58. The van der Waals surface area contributed by atoms with Crippen LogP contribution in [0.3, 0.4) is 0 Å². The van der Waals surface area contributed by atoms with Crippen LogP contribution < -0.4 is 5.73 Å². The van der Waals surface area contributed by atoms with Crippen LogP contribution in [0.4, 0.5) is 10.1 Å². The van der Waals surface area contributed by atoms with Crippen molar-refractivity contribution in [2.24, 2.45) is 0 Å². The predicted molar refractivity (Wildman–Crippen MR) is 84.5 cm³/mol. The van der Waals surface area contributed by atoms with E-state index in [1.807, 2.05) is 12.1 Å². The van der Waals surface area contributed by atoms with Crippen molar-refractivity contribution in [3.8, 4) is 22.3 Å². The summed E-state index contributed by atoms with van der Waals surface area (Å²) in [6.45, 7) is 0. The Hall–Kier alpha value is -2.61. The Bertz CT molecular complexity index is 852. The van der Waals surface area contributed by atoms with Gasteiger partial charge in [-0.25, -0.2) is 4.39 Å². The Morgan fingerprint density at radius 1 is 0.810 bits per heavy atom. The normalized spacial score (nSPS) is 12.0. The Morgan fingerprint density at radius 2 is 1.57 bits per heavy atom. The molecule has 4 rings (SSSR count). The van der Waals surface area contributed by atoms with Crippen molar-refractivity contribution in [2.45, 2.75) is 6.42 Å². The van der Waals surface area contributed by atoms with E-state index in [-0.39, 0.29) is 11.5 Å². The fourth-order valence-corrected chi connectivity index (χ4v) is 3.12. The van der Waals surface area contributed by atoms with Crippen molar-refractivity contribution < 1.29 is 4.39 Å². The number of rotatable bonds is 1. The first-order chi connectivity index (χ1) is 10.2. The molecule has 0 spiro atoms. The van der Waals surface area contributed by atoms with Crippen LogP contribution in [0.15, 0.2) is 60.7 Å². The van der Waals surface area contributed by atoms with Crippen LogP contribution in [-0.4, -0.2) is 0 Å². The molecular formula is C19H14FN. The van der Waals surface area contributed by atoms with Crippen LogP contribution in [0, 0.1) is 5.82 Å². The second kappa shape index (κ2) is 4.45. The van der Waals surface area contributed by atoms with E-state index >= 15 is 0 Å². The first-order valence-corrected chi connectivity index (χ1v) is 6.99. The lowest BCUT2D eigenvalue weighted by Gasteiger charge is -2.09. The highest BCUT2D eigenvalue weighted by atomic mass is 19.1. The van der Waals surface area contributed by atoms with E-state index in [0.717, 1.165) is 17.5 Å². The van der Waals surface area contributed by atoms with Crippen LogP contribution >= 0.6 is 0 Å². The fraction of sp³-hybridized carbons (Fsp3) is 0.0526. The van der Waals surface area contributed by atoms with Gasteiger partial charge in [-0.1, -0.05) is 48.5 Å². The highest BCUT2D eigenvalue weighted by Gasteiger charge is 2.21. The van der Waals surface area contributed by atoms with E-state index in [4.69, 9.17) is 5.73 Å². The summed E-state index contributed by atoms with van der Waals surface area (Å²) in [4.78, 5) is 0. The van der Waals surface area contributed by atoms with Crippen molar-refractivity contribution in [2.75, 3.05) is 5.73 Å². The van der Waals surface area contributed by atoms with Crippen molar-refractivity contribution in [1.29, 1.82) is 0 Å². The molecule has 2 N–H and O–H groups in total. The molecule has 2 heteroatoms. The highest BCUT2D eigenvalue weighted by molar-refractivity contribution is 5.84. The minimum atomic E-state index is -0.361. The van der Waals surface area contributed by atoms with Crippen LogP contribution in [-0.2, 0) is 6.42 Å². The van der Waals surface area contributed by atoms with Gasteiger partial charge in [0, 0.05) is 0 Å². The maximum atomic E-state index is 13.8. The average molecular weight is 275 g/mol. The Morgan fingerprint density at radius 3 is 2.43 bits per heavy atom. The number of fused-ring (bicyclic) bond motifs is 3. The van der Waals surface area contributed by atoms with Gasteiger partial charge < -0.3 is 5.73 Å². The molecule has 3 aromatic carbocycles. The second-order valence-electron chi connectivity index (χ2n) is 5.40. The van der Waals surface area contributed by atoms with E-state index in [1.165, 1.54) is 28.3 Å². The number of nitrogen functional groups attached to an aromatic ring is 1. The summed E-state index contributed by atoms with van der Waals surface area (Å²) in [5, 5.41) is 0. The second-order valence-corrected chi connectivity index (χ2v) is 5.40. The SMILES string of the molecule is Nc1ccc(-c2cccc3c2Cc2ccccc2-3)cc1F. The molecule has 102 valence electrons. The molecule has 0 bridgehead atoms. The van der Waals surface area contributed by atoms with Gasteiger partial charge in [0.2, 0.25) is 0 Å². The van der Waals surface area contributed by atoms with E-state index in [0.29, 0.717) is 0 Å². The number of halogens is 1. The lowest BCUT2D eigenvalue weighted by atomic mass is 9.95. The third-order valence-corrected chi connectivity index (χ3v) is 4.16. The maximum Gasteiger partial charge on any atom is 0.146 e. The third-order valence-electron chi connectivity index (χ3n) is 4.16. The van der Waals surface area contributed by atoms with Crippen molar-refractivity contribution in [3.05, 3.63) is 77.6 Å². The monoisotopic (exact) mass is 275 g/mol. The Labute approximate surface area is 122 Å². The molecule has 1 aliphatic rings. The van der Waals surface area contributed by atoms with Gasteiger partial charge in [-0.3, -0.25) is 0 Å². The fourth-order valence-electron chi connectivity index (χ4n) is 3.12. The van der Waals surface area contributed by atoms with E-state index < -0.39 is 0 Å². The molecule has 0 radical (unpaired) electrons. The molecule has 0 atom stereocenters. The standard InChI is InChI=1S/C19H14FN/c20-18-11-13(8-9-19(18)21)15-6-3-7-16-14-5-2-1-4-12(14)10-17(15)16/h1-9,11H,10,21H2. The van der Waals surface area contributed by atoms with Crippen LogP contribution in [0.2, 0.25) is 0 Å². The van der Waals surface area contributed by atoms with E-state index in [2.05, 4.69) is 36.4 Å². The van der Waals surface area contributed by atoms with Gasteiger partial charge in [0.25, 0.3) is 0 Å². The summed E-state index contributed by atoms with van der Waals surface area (Å²) in [5.74, 6) is -0.361. The average Bonchev–Trinajstić information content (AvgIpc) is 2.89. The molecule has 0 heterocycles. The van der Waals surface area contributed by atoms with Gasteiger partial charge in [-0.2, -0.15) is 0 Å². The highest BCUT2D eigenvalue weighted by Crippen LogP contribution is 2.41. The van der Waals surface area contributed by atoms with Crippen molar-refractivity contribution in [3.63, 3.8) is 0 Å². The first kappa shape index (κ1) is 12.2. The molecule has 0 amide bonds. The molecule has 0 aromatic heterocycles. The number of hydrogen-bond acceptors (Lipinski definition) is 1. The zero-order valence-electron chi connectivity index (χ0n) is 11.4. The molecule has 0 saturated heterocycles. The molecule has 0 saturated carbocycles. The largest absolute Gasteiger partial charge is 0.396 e. The van der Waals surface area contributed by atoms with Gasteiger partial charge >= 0.3 is 0 Å². The van der Waals surface area contributed by atoms with Crippen molar-refractivity contribution in [1.82, 2.24) is 0 Å². The van der Waals surface area contributed by atoms with Gasteiger partial charge in [-0.05, 0) is 51.9 Å². The summed E-state index contributed by atoms with van der Waals surface area (Å²) < 4.78 is 13.8. The molecule has 0 fully saturated rings. The summed E-state index contributed by atoms with van der Waals surface area (Å²) in [5.41, 5.74) is 12.9. The van der Waals surface area contributed by atoms with Gasteiger partial charge in [-0.15, -0.1) is 0 Å². The Balaban J connectivity index is 1.92. The lowest BCUT2D eigenvalue weighted by Crippen LogP contribution is -1.92. The molecule has 21 heavy (non-hydrogen) atoms. The van der Waals surface area contributed by atoms with Crippen LogP contribution in [0.5, 0.6) is 0 Å². The number of benzene rings is 3. The van der Waals surface area contributed by atoms with Gasteiger partial charge in [0.15, 0.2) is 0 Å². The topological polar surface area (TPSA) is 26.0 Å². The molecule has 0 unspecified atom stereocenters. The smallest absolute Gasteiger partial charge is 0.146 e. The van der Waals surface area contributed by atoms with Crippen molar-refractivity contribution >= 4 is 5.69 Å². The van der Waals surface area contributed by atoms with E-state index in [1.54, 1.807) is 6.07 Å². The molecule has 3 aromatic rings. The number of nitrogens with two attached hydrogens (primary N) is 1.